The summed E-state index contributed by atoms with van der Waals surface area (Å²) in [6.07, 6.45) is 12.5. The van der Waals surface area contributed by atoms with Crippen LogP contribution in [0.4, 0.5) is 0 Å². The third kappa shape index (κ3) is 4.53. The molecule has 0 radical (unpaired) electrons. The Morgan fingerprint density at radius 1 is 1.03 bits per heavy atom. The van der Waals surface area contributed by atoms with Gasteiger partial charge in [-0.25, -0.2) is 9.97 Å². The normalized spacial score (nSPS) is 24.3. The lowest BCUT2D eigenvalue weighted by Crippen LogP contribution is -2.50. The fourth-order valence-electron chi connectivity index (χ4n) is 4.58. The van der Waals surface area contributed by atoms with Crippen molar-refractivity contribution in [2.45, 2.75) is 38.3 Å². The number of aromatic nitrogens is 4. The Bertz CT molecular complexity index is 807. The SMILES string of the molecule is O=C1COC(Cn2ccnc2-c2ncc[nH]2)CN1CC1CCN(CC2CC2)CC1. The number of carbonyl (C=O) groups is 1. The molecule has 4 heterocycles. The maximum atomic E-state index is 12.4. The zero-order valence-corrected chi connectivity index (χ0v) is 16.9. The molecule has 5 rings (SSSR count). The molecule has 1 saturated carbocycles. The molecule has 29 heavy (non-hydrogen) atoms. The molecule has 3 aliphatic rings. The van der Waals surface area contributed by atoms with Gasteiger partial charge in [0.15, 0.2) is 11.6 Å². The van der Waals surface area contributed by atoms with E-state index in [-0.39, 0.29) is 18.6 Å². The molecule has 0 spiro atoms. The fraction of sp³-hybridized carbons (Fsp3) is 0.667. The van der Waals surface area contributed by atoms with Crippen LogP contribution in [0.2, 0.25) is 0 Å². The van der Waals surface area contributed by atoms with Crippen LogP contribution in [-0.2, 0) is 16.1 Å². The number of likely N-dealkylation sites (tertiary alicyclic amines) is 1. The summed E-state index contributed by atoms with van der Waals surface area (Å²) in [5.74, 6) is 3.24. The van der Waals surface area contributed by atoms with E-state index < -0.39 is 0 Å². The van der Waals surface area contributed by atoms with E-state index in [1.54, 1.807) is 18.6 Å². The number of nitrogens with zero attached hydrogens (tertiary/aromatic N) is 5. The van der Waals surface area contributed by atoms with Gasteiger partial charge in [0.2, 0.25) is 5.91 Å². The zero-order valence-electron chi connectivity index (χ0n) is 16.9. The second-order valence-electron chi connectivity index (χ2n) is 8.76. The number of morpholine rings is 1. The highest BCUT2D eigenvalue weighted by molar-refractivity contribution is 5.78. The van der Waals surface area contributed by atoms with Gasteiger partial charge in [-0.05, 0) is 50.6 Å². The molecule has 3 fully saturated rings. The first kappa shape index (κ1) is 18.8. The Balaban J connectivity index is 1.15. The zero-order chi connectivity index (χ0) is 19.6. The highest BCUT2D eigenvalue weighted by atomic mass is 16.5. The van der Waals surface area contributed by atoms with Gasteiger partial charge in [0.1, 0.15) is 6.61 Å². The van der Waals surface area contributed by atoms with E-state index in [0.29, 0.717) is 19.0 Å². The summed E-state index contributed by atoms with van der Waals surface area (Å²) in [5.41, 5.74) is 0. The van der Waals surface area contributed by atoms with Gasteiger partial charge in [-0.2, -0.15) is 0 Å². The minimum Gasteiger partial charge on any atom is -0.365 e. The lowest BCUT2D eigenvalue weighted by Gasteiger charge is -2.38. The van der Waals surface area contributed by atoms with Crippen molar-refractivity contribution >= 4 is 5.91 Å². The van der Waals surface area contributed by atoms with Crippen molar-refractivity contribution in [1.29, 1.82) is 0 Å². The second-order valence-corrected chi connectivity index (χ2v) is 8.76. The minimum atomic E-state index is -0.0226. The van der Waals surface area contributed by atoms with Gasteiger partial charge in [-0.15, -0.1) is 0 Å². The van der Waals surface area contributed by atoms with E-state index in [4.69, 9.17) is 4.74 Å². The second kappa shape index (κ2) is 8.28. The average molecular weight is 399 g/mol. The first-order valence-electron chi connectivity index (χ1n) is 10.9. The number of nitrogens with one attached hydrogen (secondary N) is 1. The number of hydrogen-bond donors (Lipinski definition) is 1. The Hall–Kier alpha value is -2.19. The molecular weight excluding hydrogens is 368 g/mol. The summed E-state index contributed by atoms with van der Waals surface area (Å²) in [4.78, 5) is 28.9. The molecule has 8 nitrogen and oxygen atoms in total. The van der Waals surface area contributed by atoms with Gasteiger partial charge in [0.25, 0.3) is 0 Å². The molecule has 1 aliphatic carbocycles. The van der Waals surface area contributed by atoms with Crippen LogP contribution in [-0.4, -0.2) is 80.7 Å². The first-order valence-corrected chi connectivity index (χ1v) is 10.9. The first-order chi connectivity index (χ1) is 14.2. The lowest BCUT2D eigenvalue weighted by atomic mass is 9.95. The number of H-pyrrole nitrogens is 1. The van der Waals surface area contributed by atoms with Crippen LogP contribution in [0.1, 0.15) is 25.7 Å². The number of ether oxygens (including phenoxy) is 1. The molecule has 0 bridgehead atoms. The predicted octanol–water partition coefficient (Wildman–Crippen LogP) is 1.62. The number of amides is 1. The number of piperidine rings is 1. The van der Waals surface area contributed by atoms with Crippen LogP contribution in [0.15, 0.2) is 24.8 Å². The van der Waals surface area contributed by atoms with Gasteiger partial charge in [0.05, 0.1) is 12.6 Å². The van der Waals surface area contributed by atoms with Crippen LogP contribution in [0, 0.1) is 11.8 Å². The van der Waals surface area contributed by atoms with Crippen LogP contribution in [0.5, 0.6) is 0 Å². The van der Waals surface area contributed by atoms with Crippen LogP contribution in [0.3, 0.4) is 0 Å². The van der Waals surface area contributed by atoms with Crippen molar-refractivity contribution in [3.05, 3.63) is 24.8 Å². The molecule has 2 aromatic heterocycles. The van der Waals surface area contributed by atoms with E-state index in [1.807, 2.05) is 15.7 Å². The summed E-state index contributed by atoms with van der Waals surface area (Å²) in [5, 5.41) is 0. The summed E-state index contributed by atoms with van der Waals surface area (Å²) in [6.45, 7) is 6.01. The number of rotatable bonds is 7. The van der Waals surface area contributed by atoms with Crippen LogP contribution in [0.25, 0.3) is 11.6 Å². The van der Waals surface area contributed by atoms with Crippen molar-refractivity contribution in [3.8, 4) is 11.6 Å². The molecule has 1 unspecified atom stereocenters. The van der Waals surface area contributed by atoms with Gasteiger partial charge in [0, 0.05) is 44.4 Å². The molecule has 1 amide bonds. The average Bonchev–Trinajstić information content (AvgIpc) is 3.17. The number of aromatic amines is 1. The number of carbonyl (C=O) groups excluding carboxylic acids is 1. The topological polar surface area (TPSA) is 79.3 Å². The largest absolute Gasteiger partial charge is 0.365 e. The van der Waals surface area contributed by atoms with Gasteiger partial charge in [-0.1, -0.05) is 0 Å². The minimum absolute atomic E-state index is 0.0226. The van der Waals surface area contributed by atoms with Crippen molar-refractivity contribution < 1.29 is 9.53 Å². The fourth-order valence-corrected chi connectivity index (χ4v) is 4.58. The smallest absolute Gasteiger partial charge is 0.248 e. The van der Waals surface area contributed by atoms with E-state index in [0.717, 1.165) is 24.1 Å². The third-order valence-corrected chi connectivity index (χ3v) is 6.44. The van der Waals surface area contributed by atoms with Crippen molar-refractivity contribution in [2.24, 2.45) is 11.8 Å². The maximum absolute atomic E-state index is 12.4. The molecule has 2 aromatic rings. The van der Waals surface area contributed by atoms with E-state index in [1.165, 1.54) is 45.3 Å². The van der Waals surface area contributed by atoms with Gasteiger partial charge in [-0.3, -0.25) is 4.79 Å². The summed E-state index contributed by atoms with van der Waals surface area (Å²) in [6, 6.07) is 0. The van der Waals surface area contributed by atoms with E-state index in [2.05, 4.69) is 19.9 Å². The Kier molecular flexibility index (Phi) is 5.37. The van der Waals surface area contributed by atoms with Crippen molar-refractivity contribution in [3.63, 3.8) is 0 Å². The van der Waals surface area contributed by atoms with E-state index in [9.17, 15) is 4.79 Å². The molecular formula is C21H30N6O2. The molecule has 2 aliphatic heterocycles. The summed E-state index contributed by atoms with van der Waals surface area (Å²) < 4.78 is 7.89. The summed E-state index contributed by atoms with van der Waals surface area (Å²) >= 11 is 0. The molecule has 1 N–H and O–H groups in total. The van der Waals surface area contributed by atoms with Crippen molar-refractivity contribution in [1.82, 2.24) is 29.3 Å². The van der Waals surface area contributed by atoms with Crippen LogP contribution < -0.4 is 0 Å². The monoisotopic (exact) mass is 398 g/mol. The van der Waals surface area contributed by atoms with E-state index >= 15 is 0 Å². The molecule has 8 heteroatoms. The Morgan fingerprint density at radius 3 is 2.62 bits per heavy atom. The predicted molar refractivity (Wildman–Crippen MR) is 108 cm³/mol. The highest BCUT2D eigenvalue weighted by Gasteiger charge is 2.31. The standard InChI is InChI=1S/C21H30N6O2/c28-19-15-29-18(13-26-10-7-24-21(26)20-22-5-6-23-20)14-27(19)12-17-3-8-25(9-4-17)11-16-1-2-16/h5-7,10,16-18H,1-4,8-9,11-15H2,(H,22,23). The number of hydrogen-bond acceptors (Lipinski definition) is 5. The molecule has 156 valence electrons. The number of imidazole rings is 2. The highest BCUT2D eigenvalue weighted by Crippen LogP contribution is 2.31. The lowest BCUT2D eigenvalue weighted by molar-refractivity contribution is -0.150. The maximum Gasteiger partial charge on any atom is 0.248 e. The van der Waals surface area contributed by atoms with Gasteiger partial charge >= 0.3 is 0 Å². The molecule has 1 atom stereocenters. The quantitative estimate of drug-likeness (QED) is 0.767. The van der Waals surface area contributed by atoms with Crippen LogP contribution >= 0.6 is 0 Å². The Morgan fingerprint density at radius 2 is 1.86 bits per heavy atom. The molecule has 2 saturated heterocycles. The van der Waals surface area contributed by atoms with Crippen molar-refractivity contribution in [2.75, 3.05) is 39.3 Å². The van der Waals surface area contributed by atoms with Gasteiger partial charge < -0.3 is 24.1 Å². The third-order valence-electron chi connectivity index (χ3n) is 6.44. The molecule has 0 aromatic carbocycles. The summed E-state index contributed by atoms with van der Waals surface area (Å²) in [7, 11) is 0. The Labute approximate surface area is 171 Å².